The third kappa shape index (κ3) is 11.6. The monoisotopic (exact) mass is 497 g/mol. The Hall–Kier alpha value is 0.445. The second-order valence-corrected chi connectivity index (χ2v) is 9.91. The third-order valence-corrected chi connectivity index (χ3v) is 7.60. The van der Waals surface area contributed by atoms with Gasteiger partial charge in [0, 0.05) is 0 Å². The van der Waals surface area contributed by atoms with E-state index in [4.69, 9.17) is 0 Å². The summed E-state index contributed by atoms with van der Waals surface area (Å²) in [6, 6.07) is 11.1. The average Bonchev–Trinajstić information content (AvgIpc) is 2.50. The van der Waals surface area contributed by atoms with Crippen LogP contribution in [0.25, 0.3) is 0 Å². The molecule has 0 saturated carbocycles. The Labute approximate surface area is 154 Å². The standard InChI is InChI=1S/C19H31.ClH.Hg/c1-2-3-4-5-6-7-8-9-10-11-13-16-19-17-14-12-15-18-19;;/h12,14-18H,2-11,13H2,1H3;1H;. The van der Waals surface area contributed by atoms with Crippen molar-refractivity contribution in [3.63, 3.8) is 0 Å². The number of hydrogen-bond donors (Lipinski definition) is 0. The maximum absolute atomic E-state index is 2.31. The molecule has 1 aromatic rings. The first kappa shape index (κ1) is 21.4. The van der Waals surface area contributed by atoms with E-state index in [9.17, 15) is 0 Å². The molecule has 0 aromatic heterocycles. The van der Waals surface area contributed by atoms with Crippen molar-refractivity contribution >= 4 is 12.4 Å². The SMILES string of the molecule is CCCCCCCCCCCC[CH]([Hg])c1ccccc1.Cl. The Balaban J connectivity index is 0.00000400. The van der Waals surface area contributed by atoms with Gasteiger partial charge in [-0.05, 0) is 0 Å². The van der Waals surface area contributed by atoms with Crippen LogP contribution in [0.3, 0.4) is 0 Å². The molecule has 1 atom stereocenters. The molecular formula is C19H32ClHg. The van der Waals surface area contributed by atoms with E-state index in [1.165, 1.54) is 70.6 Å². The number of rotatable bonds is 12. The van der Waals surface area contributed by atoms with Gasteiger partial charge in [-0.2, -0.15) is 0 Å². The van der Waals surface area contributed by atoms with Gasteiger partial charge in [0.2, 0.25) is 0 Å². The van der Waals surface area contributed by atoms with Gasteiger partial charge in [-0.3, -0.25) is 0 Å². The molecule has 117 valence electrons. The predicted octanol–water partition coefficient (Wildman–Crippen LogP) is 7.01. The molecule has 21 heavy (non-hydrogen) atoms. The molecule has 0 aliphatic rings. The van der Waals surface area contributed by atoms with E-state index in [1.807, 2.05) is 0 Å². The number of unbranched alkanes of at least 4 members (excludes halogenated alkanes) is 9. The van der Waals surface area contributed by atoms with Crippen LogP contribution >= 0.6 is 12.4 Å². The van der Waals surface area contributed by atoms with Crippen LogP contribution in [0.15, 0.2) is 30.3 Å². The first-order chi connectivity index (χ1) is 9.84. The molecule has 0 heterocycles. The largest absolute Gasteiger partial charge is 0.147 e. The van der Waals surface area contributed by atoms with Crippen molar-refractivity contribution in [3.8, 4) is 0 Å². The zero-order chi connectivity index (χ0) is 14.5. The van der Waals surface area contributed by atoms with Crippen molar-refractivity contribution in [2.24, 2.45) is 0 Å². The minimum absolute atomic E-state index is 0. The van der Waals surface area contributed by atoms with E-state index in [2.05, 4.69) is 37.3 Å². The quantitative estimate of drug-likeness (QED) is 0.216. The summed E-state index contributed by atoms with van der Waals surface area (Å²) in [6.07, 6.45) is 15.9. The molecule has 0 bridgehead atoms. The van der Waals surface area contributed by atoms with Gasteiger partial charge in [0.05, 0.1) is 0 Å². The molecule has 2 heteroatoms. The maximum atomic E-state index is 2.31. The van der Waals surface area contributed by atoms with Crippen molar-refractivity contribution < 1.29 is 26.1 Å². The van der Waals surface area contributed by atoms with E-state index < -0.39 is 0 Å². The maximum Gasteiger partial charge on any atom is -0.147 e. The van der Waals surface area contributed by atoms with Gasteiger partial charge >= 0.3 is 136 Å². The first-order valence-corrected chi connectivity index (χ1v) is 11.9. The molecule has 0 nitrogen and oxygen atoms in total. The fourth-order valence-corrected chi connectivity index (χ4v) is 4.95. The molecule has 1 aromatic carbocycles. The summed E-state index contributed by atoms with van der Waals surface area (Å²) in [6.45, 7) is 2.29. The fourth-order valence-electron chi connectivity index (χ4n) is 2.77. The molecule has 0 fully saturated rings. The van der Waals surface area contributed by atoms with E-state index in [-0.39, 0.29) is 12.4 Å². The first-order valence-electron chi connectivity index (χ1n) is 8.72. The van der Waals surface area contributed by atoms with Gasteiger partial charge in [-0.25, -0.2) is 0 Å². The van der Waals surface area contributed by atoms with Gasteiger partial charge in [0.15, 0.2) is 0 Å². The Bertz CT molecular complexity index is 313. The zero-order valence-electron chi connectivity index (χ0n) is 13.9. The van der Waals surface area contributed by atoms with E-state index in [0.29, 0.717) is 0 Å². The van der Waals surface area contributed by atoms with Gasteiger partial charge in [0.25, 0.3) is 0 Å². The molecule has 0 N–H and O–H groups in total. The topological polar surface area (TPSA) is 0 Å². The number of hydrogen-bond acceptors (Lipinski definition) is 0. The van der Waals surface area contributed by atoms with Crippen LogP contribution in [0.5, 0.6) is 0 Å². The van der Waals surface area contributed by atoms with Crippen LogP contribution in [-0.2, 0) is 26.1 Å². The minimum atomic E-state index is 0. The summed E-state index contributed by atoms with van der Waals surface area (Å²) in [4.78, 5) is 0. The average molecular weight is 497 g/mol. The molecule has 0 spiro atoms. The fraction of sp³-hybridized carbons (Fsp3) is 0.684. The molecule has 0 aliphatic heterocycles. The number of benzene rings is 1. The summed E-state index contributed by atoms with van der Waals surface area (Å²) < 4.78 is 0.922. The third-order valence-electron chi connectivity index (χ3n) is 4.18. The van der Waals surface area contributed by atoms with Gasteiger partial charge in [-0.15, -0.1) is 12.4 Å². The van der Waals surface area contributed by atoms with Crippen molar-refractivity contribution in [2.75, 3.05) is 0 Å². The van der Waals surface area contributed by atoms with Crippen LogP contribution in [0.1, 0.15) is 86.5 Å². The van der Waals surface area contributed by atoms with Crippen molar-refractivity contribution in [1.29, 1.82) is 0 Å². The van der Waals surface area contributed by atoms with Gasteiger partial charge < -0.3 is 0 Å². The summed E-state index contributed by atoms with van der Waals surface area (Å²) in [5, 5.41) is 0. The van der Waals surface area contributed by atoms with Crippen LogP contribution in [0.4, 0.5) is 0 Å². The Morgan fingerprint density at radius 3 is 1.76 bits per heavy atom. The van der Waals surface area contributed by atoms with Crippen LogP contribution < -0.4 is 0 Å². The summed E-state index contributed by atoms with van der Waals surface area (Å²) in [5.74, 6) is 0. The van der Waals surface area contributed by atoms with Crippen molar-refractivity contribution in [3.05, 3.63) is 35.9 Å². The molecule has 0 aliphatic carbocycles. The number of halogens is 1. The normalized spacial score (nSPS) is 12.0. The van der Waals surface area contributed by atoms with E-state index in [0.717, 1.165) is 29.5 Å². The Morgan fingerprint density at radius 1 is 0.762 bits per heavy atom. The second-order valence-electron chi connectivity index (χ2n) is 6.08. The van der Waals surface area contributed by atoms with Gasteiger partial charge in [-0.1, -0.05) is 6.92 Å². The summed E-state index contributed by atoms with van der Waals surface area (Å²) >= 11 is 0.871. The van der Waals surface area contributed by atoms with Gasteiger partial charge in [0.1, 0.15) is 0 Å². The molecular weight excluding hydrogens is 464 g/mol. The predicted molar refractivity (Wildman–Crippen MR) is 92.9 cm³/mol. The van der Waals surface area contributed by atoms with Crippen LogP contribution in [-0.4, -0.2) is 0 Å². The molecule has 0 amide bonds. The van der Waals surface area contributed by atoms with Crippen molar-refractivity contribution in [2.45, 2.75) is 81.0 Å². The van der Waals surface area contributed by atoms with Crippen LogP contribution in [0.2, 0.25) is 0 Å². The second kappa shape index (κ2) is 15.3. The van der Waals surface area contributed by atoms with Crippen molar-refractivity contribution in [1.82, 2.24) is 0 Å². The smallest absolute Gasteiger partial charge is 0.147 e. The minimum Gasteiger partial charge on any atom is -0.147 e. The molecule has 0 saturated heterocycles. The molecule has 1 unspecified atom stereocenters. The zero-order valence-corrected chi connectivity index (χ0v) is 20.2. The summed E-state index contributed by atoms with van der Waals surface area (Å²) in [5.41, 5.74) is 1.59. The van der Waals surface area contributed by atoms with Crippen LogP contribution in [0, 0.1) is 0 Å². The Kier molecular flexibility index (Phi) is 15.7. The van der Waals surface area contributed by atoms with E-state index >= 15 is 0 Å². The molecule has 1 rings (SSSR count). The summed E-state index contributed by atoms with van der Waals surface area (Å²) in [7, 11) is 0. The Morgan fingerprint density at radius 2 is 1.24 bits per heavy atom. The molecule has 0 radical (unpaired) electrons. The van der Waals surface area contributed by atoms with E-state index in [1.54, 1.807) is 5.56 Å².